The van der Waals surface area contributed by atoms with Crippen LogP contribution in [0, 0.1) is 5.92 Å². The molecule has 0 spiro atoms. The Hall–Kier alpha value is -1.90. The molecule has 1 atom stereocenters. The Labute approximate surface area is 158 Å². The normalized spacial score (nSPS) is 13.0. The molecule has 1 amide bonds. The van der Waals surface area contributed by atoms with E-state index in [1.165, 1.54) is 33.3 Å². The second kappa shape index (κ2) is 8.20. The largest absolute Gasteiger partial charge is 0.495 e. The van der Waals surface area contributed by atoms with Crippen LogP contribution in [-0.2, 0) is 10.0 Å². The van der Waals surface area contributed by atoms with Gasteiger partial charge >= 0.3 is 0 Å². The number of carbonyl (C=O) groups excluding carboxylic acids is 1. The van der Waals surface area contributed by atoms with E-state index in [4.69, 9.17) is 4.74 Å². The molecule has 1 unspecified atom stereocenters. The molecule has 0 aliphatic heterocycles. The van der Waals surface area contributed by atoms with Crippen molar-refractivity contribution in [2.24, 2.45) is 5.92 Å². The maximum atomic E-state index is 12.7. The molecule has 0 aliphatic rings. The van der Waals surface area contributed by atoms with Crippen molar-refractivity contribution in [1.82, 2.24) is 9.62 Å². The average molecular weight is 397 g/mol. The number of sulfonamides is 1. The zero-order valence-electron chi connectivity index (χ0n) is 15.5. The van der Waals surface area contributed by atoms with Crippen LogP contribution < -0.4 is 10.1 Å². The lowest BCUT2D eigenvalue weighted by Gasteiger charge is -2.22. The molecule has 8 heteroatoms. The van der Waals surface area contributed by atoms with Gasteiger partial charge in [-0.15, -0.1) is 11.3 Å². The van der Waals surface area contributed by atoms with E-state index in [2.05, 4.69) is 5.32 Å². The van der Waals surface area contributed by atoms with Crippen molar-refractivity contribution < 1.29 is 17.9 Å². The number of hydrogen-bond donors (Lipinski definition) is 1. The molecule has 1 heterocycles. The molecule has 0 saturated carbocycles. The predicted octanol–water partition coefficient (Wildman–Crippen LogP) is 3.13. The number of methoxy groups -OCH3 is 1. The second-order valence-electron chi connectivity index (χ2n) is 6.36. The van der Waals surface area contributed by atoms with Crippen LogP contribution in [0.5, 0.6) is 5.75 Å². The van der Waals surface area contributed by atoms with Crippen LogP contribution in [0.25, 0.3) is 0 Å². The summed E-state index contributed by atoms with van der Waals surface area (Å²) in [6, 6.07) is 8.20. The molecule has 0 aliphatic carbocycles. The first kappa shape index (κ1) is 20.4. The molecule has 1 aromatic heterocycles. The molecule has 142 valence electrons. The van der Waals surface area contributed by atoms with Gasteiger partial charge in [-0.25, -0.2) is 12.7 Å². The van der Waals surface area contributed by atoms with Gasteiger partial charge in [0.2, 0.25) is 10.0 Å². The highest BCUT2D eigenvalue weighted by atomic mass is 32.2. The minimum atomic E-state index is -3.73. The van der Waals surface area contributed by atoms with E-state index < -0.39 is 10.0 Å². The topological polar surface area (TPSA) is 75.7 Å². The SMILES string of the molecule is COc1ccc(C(=O)NC(c2cccs2)C(C)C)cc1S(=O)(=O)N(C)C. The summed E-state index contributed by atoms with van der Waals surface area (Å²) in [6.07, 6.45) is 0. The third-order valence-corrected chi connectivity index (χ3v) is 6.78. The third kappa shape index (κ3) is 4.25. The molecule has 0 saturated heterocycles. The Balaban J connectivity index is 2.38. The van der Waals surface area contributed by atoms with Gasteiger partial charge in [0.1, 0.15) is 10.6 Å². The monoisotopic (exact) mass is 396 g/mol. The van der Waals surface area contributed by atoms with Crippen LogP contribution in [0.2, 0.25) is 0 Å². The number of nitrogens with zero attached hydrogens (tertiary/aromatic N) is 1. The van der Waals surface area contributed by atoms with E-state index in [-0.39, 0.29) is 34.1 Å². The number of benzene rings is 1. The highest BCUT2D eigenvalue weighted by molar-refractivity contribution is 7.89. The van der Waals surface area contributed by atoms with E-state index in [0.717, 1.165) is 9.18 Å². The van der Waals surface area contributed by atoms with Gasteiger partial charge in [-0.05, 0) is 35.6 Å². The van der Waals surface area contributed by atoms with Crippen molar-refractivity contribution >= 4 is 27.3 Å². The molecule has 0 radical (unpaired) electrons. The van der Waals surface area contributed by atoms with Crippen molar-refractivity contribution in [3.8, 4) is 5.75 Å². The summed E-state index contributed by atoms with van der Waals surface area (Å²) >= 11 is 1.58. The van der Waals surface area contributed by atoms with Gasteiger partial charge < -0.3 is 10.1 Å². The average Bonchev–Trinajstić information content (AvgIpc) is 3.12. The molecule has 0 bridgehead atoms. The van der Waals surface area contributed by atoms with Crippen molar-refractivity contribution in [2.45, 2.75) is 24.8 Å². The number of nitrogens with one attached hydrogen (secondary N) is 1. The van der Waals surface area contributed by atoms with Crippen molar-refractivity contribution in [1.29, 1.82) is 0 Å². The second-order valence-corrected chi connectivity index (χ2v) is 9.46. The van der Waals surface area contributed by atoms with Gasteiger partial charge in [0.25, 0.3) is 5.91 Å². The number of rotatable bonds is 7. The Morgan fingerprint density at radius 2 is 1.92 bits per heavy atom. The fourth-order valence-corrected chi connectivity index (χ4v) is 4.50. The van der Waals surface area contributed by atoms with Crippen LogP contribution in [-0.4, -0.2) is 39.8 Å². The predicted molar refractivity (Wildman–Crippen MR) is 103 cm³/mol. The summed E-state index contributed by atoms with van der Waals surface area (Å²) in [7, 11) is 0.540. The number of thiophene rings is 1. The molecule has 2 rings (SSSR count). The fraction of sp³-hybridized carbons (Fsp3) is 0.389. The lowest BCUT2D eigenvalue weighted by Crippen LogP contribution is -2.31. The van der Waals surface area contributed by atoms with Crippen LogP contribution in [0.4, 0.5) is 0 Å². The molecule has 6 nitrogen and oxygen atoms in total. The van der Waals surface area contributed by atoms with Gasteiger partial charge in [0.15, 0.2) is 0 Å². The highest BCUT2D eigenvalue weighted by Crippen LogP contribution is 2.29. The summed E-state index contributed by atoms with van der Waals surface area (Å²) in [6.45, 7) is 4.06. The van der Waals surface area contributed by atoms with Crippen molar-refractivity contribution in [3.05, 3.63) is 46.2 Å². The van der Waals surface area contributed by atoms with E-state index in [0.29, 0.717) is 0 Å². The molecule has 26 heavy (non-hydrogen) atoms. The van der Waals surface area contributed by atoms with Gasteiger partial charge in [0, 0.05) is 24.5 Å². The minimum absolute atomic E-state index is 0.0325. The summed E-state index contributed by atoms with van der Waals surface area (Å²) in [4.78, 5) is 13.8. The van der Waals surface area contributed by atoms with Crippen LogP contribution in [0.3, 0.4) is 0 Å². The number of ether oxygens (including phenoxy) is 1. The zero-order chi connectivity index (χ0) is 19.5. The fourth-order valence-electron chi connectivity index (χ4n) is 2.48. The Morgan fingerprint density at radius 3 is 2.42 bits per heavy atom. The molecule has 1 N–H and O–H groups in total. The lowest BCUT2D eigenvalue weighted by molar-refractivity contribution is 0.0926. The first-order chi connectivity index (χ1) is 12.2. The Kier molecular flexibility index (Phi) is 6.44. The standard InChI is InChI=1S/C18H24N2O4S2/c1-12(2)17(15-7-6-10-25-15)19-18(21)13-8-9-14(24-5)16(11-13)26(22,23)20(3)4/h6-12,17H,1-5H3,(H,19,21). The van der Waals surface area contributed by atoms with Gasteiger partial charge in [-0.3, -0.25) is 4.79 Å². The van der Waals surface area contributed by atoms with Crippen molar-refractivity contribution in [3.63, 3.8) is 0 Å². The first-order valence-corrected chi connectivity index (χ1v) is 10.4. The number of carbonyl (C=O) groups is 1. The summed E-state index contributed by atoms with van der Waals surface area (Å²) in [5.74, 6) is 0.0738. The maximum Gasteiger partial charge on any atom is 0.251 e. The van der Waals surface area contributed by atoms with E-state index in [1.54, 1.807) is 17.4 Å². The third-order valence-electron chi connectivity index (χ3n) is 3.99. The van der Waals surface area contributed by atoms with Crippen LogP contribution >= 0.6 is 11.3 Å². The smallest absolute Gasteiger partial charge is 0.251 e. The maximum absolute atomic E-state index is 12.7. The molecular formula is C18H24N2O4S2. The van der Waals surface area contributed by atoms with Gasteiger partial charge in [0.05, 0.1) is 13.2 Å². The lowest BCUT2D eigenvalue weighted by atomic mass is 10.0. The van der Waals surface area contributed by atoms with Gasteiger partial charge in [-0.2, -0.15) is 0 Å². The van der Waals surface area contributed by atoms with E-state index in [9.17, 15) is 13.2 Å². The van der Waals surface area contributed by atoms with E-state index >= 15 is 0 Å². The summed E-state index contributed by atoms with van der Waals surface area (Å²) in [5, 5.41) is 4.97. The van der Waals surface area contributed by atoms with E-state index in [1.807, 2.05) is 31.4 Å². The molecule has 1 aromatic carbocycles. The van der Waals surface area contributed by atoms with Crippen molar-refractivity contribution in [2.75, 3.05) is 21.2 Å². The number of hydrogen-bond acceptors (Lipinski definition) is 5. The molecule has 2 aromatic rings. The Morgan fingerprint density at radius 1 is 1.23 bits per heavy atom. The zero-order valence-corrected chi connectivity index (χ0v) is 17.1. The highest BCUT2D eigenvalue weighted by Gasteiger charge is 2.25. The molecular weight excluding hydrogens is 372 g/mol. The van der Waals surface area contributed by atoms with Gasteiger partial charge in [-0.1, -0.05) is 19.9 Å². The quantitative estimate of drug-likeness (QED) is 0.780. The number of amides is 1. The first-order valence-electron chi connectivity index (χ1n) is 8.13. The summed E-state index contributed by atoms with van der Waals surface area (Å²) in [5.41, 5.74) is 0.272. The summed E-state index contributed by atoms with van der Waals surface area (Å²) < 4.78 is 31.3. The van der Waals surface area contributed by atoms with Crippen LogP contribution in [0.1, 0.15) is 35.1 Å². The Bertz CT molecular complexity index is 859. The molecule has 0 fully saturated rings. The minimum Gasteiger partial charge on any atom is -0.495 e. The van der Waals surface area contributed by atoms with Crippen LogP contribution in [0.15, 0.2) is 40.6 Å².